The van der Waals surface area contributed by atoms with Gasteiger partial charge in [0.25, 0.3) is 11.8 Å². The molecule has 3 aromatic carbocycles. The van der Waals surface area contributed by atoms with E-state index in [-0.39, 0.29) is 5.91 Å². The van der Waals surface area contributed by atoms with Crippen molar-refractivity contribution in [3.63, 3.8) is 0 Å². The van der Waals surface area contributed by atoms with Crippen LogP contribution in [0.15, 0.2) is 72.8 Å². The van der Waals surface area contributed by atoms with E-state index >= 15 is 0 Å². The number of nitrogens with one attached hydrogen (secondary N) is 1. The quantitative estimate of drug-likeness (QED) is 0.555. The predicted molar refractivity (Wildman–Crippen MR) is 101 cm³/mol. The molecule has 3 aromatic rings. The zero-order valence-corrected chi connectivity index (χ0v) is 14.6. The average molecular weight is 358 g/mol. The first-order chi connectivity index (χ1) is 13.2. The largest absolute Gasteiger partial charge is 0.330 e. The molecule has 2 N–H and O–H groups in total. The molecule has 0 bridgehead atoms. The molecule has 4 rings (SSSR count). The molecule has 0 aromatic heterocycles. The molecule has 1 aliphatic heterocycles. The summed E-state index contributed by atoms with van der Waals surface area (Å²) in [6.07, 6.45) is 0. The minimum Gasteiger partial charge on any atom is -0.330 e. The molecule has 0 radical (unpaired) electrons. The summed E-state index contributed by atoms with van der Waals surface area (Å²) in [5, 5.41) is 8.77. The third-order valence-corrected chi connectivity index (χ3v) is 4.82. The van der Waals surface area contributed by atoms with Crippen molar-refractivity contribution in [2.24, 2.45) is 0 Å². The fourth-order valence-electron chi connectivity index (χ4n) is 3.36. The highest BCUT2D eigenvalue weighted by molar-refractivity contribution is 5.96. The molecule has 5 nitrogen and oxygen atoms in total. The molecule has 2 amide bonds. The minimum absolute atomic E-state index is 0.0426. The van der Waals surface area contributed by atoms with Gasteiger partial charge in [0.15, 0.2) is 0 Å². The first-order valence-electron chi connectivity index (χ1n) is 8.67. The SMILES string of the molecule is O=C(NO)c1ccc2c(c1)CN(C(=O)c1ccc(-c3ccccc3)cc1)C2. The first kappa shape index (κ1) is 17.0. The van der Waals surface area contributed by atoms with E-state index in [0.717, 1.165) is 22.3 Å². The molecule has 134 valence electrons. The monoisotopic (exact) mass is 358 g/mol. The van der Waals surface area contributed by atoms with Crippen LogP contribution in [0.4, 0.5) is 0 Å². The molecule has 5 heteroatoms. The van der Waals surface area contributed by atoms with Crippen LogP contribution < -0.4 is 5.48 Å². The van der Waals surface area contributed by atoms with E-state index in [1.807, 2.05) is 60.7 Å². The van der Waals surface area contributed by atoms with Crippen molar-refractivity contribution in [1.29, 1.82) is 0 Å². The Morgan fingerprint density at radius 2 is 1.41 bits per heavy atom. The van der Waals surface area contributed by atoms with E-state index in [0.29, 0.717) is 24.2 Å². The van der Waals surface area contributed by atoms with Crippen LogP contribution in [0, 0.1) is 0 Å². The Morgan fingerprint density at radius 1 is 0.778 bits per heavy atom. The van der Waals surface area contributed by atoms with Crippen LogP contribution in [0.25, 0.3) is 11.1 Å². The lowest BCUT2D eigenvalue weighted by Crippen LogP contribution is -2.25. The van der Waals surface area contributed by atoms with Crippen molar-refractivity contribution in [2.45, 2.75) is 13.1 Å². The van der Waals surface area contributed by atoms with Gasteiger partial charge in [-0.05, 0) is 46.5 Å². The summed E-state index contributed by atoms with van der Waals surface area (Å²) in [5.74, 6) is -0.599. The van der Waals surface area contributed by atoms with E-state index in [1.165, 1.54) is 0 Å². The maximum atomic E-state index is 12.8. The summed E-state index contributed by atoms with van der Waals surface area (Å²) in [4.78, 5) is 26.2. The molecule has 0 saturated heterocycles. The lowest BCUT2D eigenvalue weighted by atomic mass is 10.0. The number of hydroxylamine groups is 1. The molecular weight excluding hydrogens is 340 g/mol. The van der Waals surface area contributed by atoms with Crippen molar-refractivity contribution in [1.82, 2.24) is 10.4 Å². The smallest absolute Gasteiger partial charge is 0.274 e. The summed E-state index contributed by atoms with van der Waals surface area (Å²) in [7, 11) is 0. The van der Waals surface area contributed by atoms with Crippen LogP contribution in [0.3, 0.4) is 0 Å². The second kappa shape index (κ2) is 7.05. The number of hydrogen-bond donors (Lipinski definition) is 2. The molecule has 0 atom stereocenters. The Kier molecular flexibility index (Phi) is 4.44. The van der Waals surface area contributed by atoms with Crippen LogP contribution in [0.2, 0.25) is 0 Å². The van der Waals surface area contributed by atoms with Crippen molar-refractivity contribution < 1.29 is 14.8 Å². The number of hydrogen-bond acceptors (Lipinski definition) is 3. The summed E-state index contributed by atoms with van der Waals surface area (Å²) in [6, 6.07) is 22.8. The Labute approximate surface area is 156 Å². The molecule has 0 saturated carbocycles. The van der Waals surface area contributed by atoms with Crippen LogP contribution in [-0.4, -0.2) is 21.9 Å². The first-order valence-corrected chi connectivity index (χ1v) is 8.67. The molecular formula is C22H18N2O3. The third-order valence-electron chi connectivity index (χ3n) is 4.82. The zero-order valence-electron chi connectivity index (χ0n) is 14.6. The Bertz CT molecular complexity index is 998. The Balaban J connectivity index is 1.51. The third kappa shape index (κ3) is 3.32. The van der Waals surface area contributed by atoms with E-state index in [4.69, 9.17) is 5.21 Å². The van der Waals surface area contributed by atoms with Crippen LogP contribution in [-0.2, 0) is 13.1 Å². The molecule has 0 spiro atoms. The summed E-state index contributed by atoms with van der Waals surface area (Å²) in [5.41, 5.74) is 6.75. The molecule has 0 fully saturated rings. The molecule has 0 unspecified atom stereocenters. The fraction of sp³-hybridized carbons (Fsp3) is 0.0909. The van der Waals surface area contributed by atoms with Gasteiger partial charge in [0.05, 0.1) is 0 Å². The minimum atomic E-state index is -0.556. The highest BCUT2D eigenvalue weighted by atomic mass is 16.5. The predicted octanol–water partition coefficient (Wildman–Crippen LogP) is 3.63. The van der Waals surface area contributed by atoms with Gasteiger partial charge >= 0.3 is 0 Å². The maximum absolute atomic E-state index is 12.8. The van der Waals surface area contributed by atoms with Crippen molar-refractivity contribution in [2.75, 3.05) is 0 Å². The average Bonchev–Trinajstić information content (AvgIpc) is 3.16. The molecule has 27 heavy (non-hydrogen) atoms. The van der Waals surface area contributed by atoms with Gasteiger partial charge in [-0.1, -0.05) is 48.5 Å². The molecule has 1 heterocycles. The number of nitrogens with zero attached hydrogens (tertiary/aromatic N) is 1. The Hall–Kier alpha value is -3.44. The van der Waals surface area contributed by atoms with Crippen LogP contribution in [0.5, 0.6) is 0 Å². The van der Waals surface area contributed by atoms with E-state index in [1.54, 1.807) is 22.5 Å². The standard InChI is InChI=1S/C22H18N2O3/c25-21(23-27)18-10-11-19-13-24(14-20(19)12-18)22(26)17-8-6-16(7-9-17)15-4-2-1-3-5-15/h1-12,27H,13-14H2,(H,23,25). The second-order valence-corrected chi connectivity index (χ2v) is 6.53. The molecule has 0 aliphatic carbocycles. The van der Waals surface area contributed by atoms with Gasteiger partial charge in [0, 0.05) is 24.2 Å². The maximum Gasteiger partial charge on any atom is 0.274 e. The van der Waals surface area contributed by atoms with Crippen LogP contribution >= 0.6 is 0 Å². The number of carbonyl (C=O) groups is 2. The summed E-state index contributed by atoms with van der Waals surface area (Å²) in [6.45, 7) is 0.955. The van der Waals surface area contributed by atoms with Gasteiger partial charge in [0.2, 0.25) is 0 Å². The topological polar surface area (TPSA) is 69.6 Å². The highest BCUT2D eigenvalue weighted by Crippen LogP contribution is 2.26. The number of fused-ring (bicyclic) bond motifs is 1. The Morgan fingerprint density at radius 3 is 2.11 bits per heavy atom. The number of rotatable bonds is 3. The zero-order chi connectivity index (χ0) is 18.8. The lowest BCUT2D eigenvalue weighted by molar-refractivity contribution is 0.0706. The number of amides is 2. The summed E-state index contributed by atoms with van der Waals surface area (Å²) >= 11 is 0. The highest BCUT2D eigenvalue weighted by Gasteiger charge is 2.25. The van der Waals surface area contributed by atoms with Gasteiger partial charge in [-0.3, -0.25) is 14.8 Å². The second-order valence-electron chi connectivity index (χ2n) is 6.53. The van der Waals surface area contributed by atoms with E-state index in [9.17, 15) is 9.59 Å². The van der Waals surface area contributed by atoms with Gasteiger partial charge < -0.3 is 4.90 Å². The fourth-order valence-corrected chi connectivity index (χ4v) is 3.36. The van der Waals surface area contributed by atoms with Crippen molar-refractivity contribution >= 4 is 11.8 Å². The van der Waals surface area contributed by atoms with Crippen LogP contribution in [0.1, 0.15) is 31.8 Å². The number of benzene rings is 3. The van der Waals surface area contributed by atoms with E-state index < -0.39 is 5.91 Å². The van der Waals surface area contributed by atoms with Crippen molar-refractivity contribution in [3.05, 3.63) is 95.1 Å². The van der Waals surface area contributed by atoms with Crippen molar-refractivity contribution in [3.8, 4) is 11.1 Å². The van der Waals surface area contributed by atoms with Gasteiger partial charge in [-0.15, -0.1) is 0 Å². The lowest BCUT2D eigenvalue weighted by Gasteiger charge is -2.15. The van der Waals surface area contributed by atoms with Gasteiger partial charge in [-0.2, -0.15) is 0 Å². The van der Waals surface area contributed by atoms with Gasteiger partial charge in [0.1, 0.15) is 0 Å². The molecule has 1 aliphatic rings. The van der Waals surface area contributed by atoms with Gasteiger partial charge in [-0.25, -0.2) is 5.48 Å². The number of carbonyl (C=O) groups excluding carboxylic acids is 2. The normalized spacial score (nSPS) is 12.6. The van der Waals surface area contributed by atoms with E-state index in [2.05, 4.69) is 0 Å². The summed E-state index contributed by atoms with van der Waals surface area (Å²) < 4.78 is 0.